The van der Waals surface area contributed by atoms with E-state index in [4.69, 9.17) is 0 Å². The number of amides is 3. The summed E-state index contributed by atoms with van der Waals surface area (Å²) in [7, 11) is -0.636. The minimum absolute atomic E-state index is 0. The van der Waals surface area contributed by atoms with E-state index in [0.29, 0.717) is 54.6 Å². The smallest absolute Gasteiger partial charge is 0.262 e. The summed E-state index contributed by atoms with van der Waals surface area (Å²) in [4.78, 5) is 73.5. The topological polar surface area (TPSA) is 161 Å². The lowest BCUT2D eigenvalue weighted by Gasteiger charge is -2.45. The largest absolute Gasteiger partial charge is 0.412 e. The van der Waals surface area contributed by atoms with Crippen LogP contribution >= 0.6 is 19.7 Å². The van der Waals surface area contributed by atoms with Gasteiger partial charge in [0.1, 0.15) is 12.1 Å². The third-order valence-corrected chi connectivity index (χ3v) is 12.6. The first kappa shape index (κ1) is 36.5. The highest BCUT2D eigenvalue weighted by molar-refractivity contribution is 7.45. The second-order valence-corrected chi connectivity index (χ2v) is 16.2. The average Bonchev–Trinajstić information content (AvgIpc) is 3.66. The van der Waals surface area contributed by atoms with E-state index < -0.39 is 26.4 Å². The number of rotatable bonds is 9. The second kappa shape index (κ2) is 15.1. The van der Waals surface area contributed by atoms with Crippen molar-refractivity contribution >= 4 is 53.2 Å². The molecule has 4 fully saturated rings. The van der Waals surface area contributed by atoms with Crippen LogP contribution in [-0.2, 0) is 9.59 Å². The molecule has 0 bridgehead atoms. The Labute approximate surface area is 300 Å². The van der Waals surface area contributed by atoms with Crippen molar-refractivity contribution in [3.8, 4) is 0 Å². The van der Waals surface area contributed by atoms with Gasteiger partial charge in [-0.2, -0.15) is 0 Å². The molecule has 0 spiro atoms. The number of hydrogen-bond acceptors (Lipinski definition) is 9. The van der Waals surface area contributed by atoms with E-state index in [2.05, 4.69) is 33.2 Å². The summed E-state index contributed by atoms with van der Waals surface area (Å²) in [6.45, 7) is 7.52. The highest BCUT2D eigenvalue weighted by atomic mass is 32.1. The fraction of sp³-hybridized carbons (Fsp3) is 0.543. The molecule has 5 heterocycles. The summed E-state index contributed by atoms with van der Waals surface area (Å²) < 4.78 is 15.0. The average molecular weight is 735 g/mol. The number of thiophene rings is 1. The first-order valence-corrected chi connectivity index (χ1v) is 19.4. The highest BCUT2D eigenvalue weighted by Crippen LogP contribution is 2.47. The van der Waals surface area contributed by atoms with E-state index in [1.165, 1.54) is 34.7 Å². The Morgan fingerprint density at radius 2 is 1.86 bits per heavy atom. The Bertz CT molecular complexity index is 1730. The number of carbonyl (C=O) groups excluding carboxylic acids is 3. The van der Waals surface area contributed by atoms with Crippen LogP contribution in [0, 0.1) is 11.8 Å². The zero-order valence-electron chi connectivity index (χ0n) is 28.4. The Hall–Kier alpha value is -3.26. The molecule has 1 aromatic carbocycles. The van der Waals surface area contributed by atoms with E-state index in [9.17, 15) is 28.6 Å². The van der Waals surface area contributed by atoms with Gasteiger partial charge >= 0.3 is 0 Å². The number of aromatic nitrogens is 1. The quantitative estimate of drug-likeness (QED) is 0.278. The number of likely N-dealkylation sites (tertiary alicyclic amines) is 2. The summed E-state index contributed by atoms with van der Waals surface area (Å²) in [5.74, 6) is -1.51. The van der Waals surface area contributed by atoms with Crippen LogP contribution in [0.4, 0.5) is 10.1 Å². The lowest BCUT2D eigenvalue weighted by molar-refractivity contribution is -0.150. The number of anilines is 1. The minimum atomic E-state index is -2.77. The number of fused-ring (bicyclic) bond motifs is 2. The number of piperazine rings is 1. The molecule has 4 aliphatic rings. The molecule has 5 atom stereocenters. The van der Waals surface area contributed by atoms with Gasteiger partial charge in [0.2, 0.25) is 20.2 Å². The van der Waals surface area contributed by atoms with Gasteiger partial charge < -0.3 is 40.2 Å². The van der Waals surface area contributed by atoms with Gasteiger partial charge in [-0.1, -0.05) is 13.0 Å². The maximum absolute atomic E-state index is 14.3. The highest BCUT2D eigenvalue weighted by Gasteiger charge is 2.47. The fourth-order valence-electron chi connectivity index (χ4n) is 7.73. The number of carbonyl (C=O) groups is 3. The van der Waals surface area contributed by atoms with E-state index in [0.717, 1.165) is 43.7 Å². The van der Waals surface area contributed by atoms with Gasteiger partial charge in [0.05, 0.1) is 4.88 Å². The second-order valence-electron chi connectivity index (χ2n) is 14.0. The summed E-state index contributed by atoms with van der Waals surface area (Å²) >= 11 is 1.23. The minimum Gasteiger partial charge on any atom is -0.412 e. The van der Waals surface area contributed by atoms with Crippen molar-refractivity contribution in [2.24, 2.45) is 11.8 Å². The number of nitrogens with one attached hydrogen (secondary N) is 1. The van der Waals surface area contributed by atoms with Gasteiger partial charge in [-0.15, -0.1) is 11.3 Å². The molecule has 2 aromatic heterocycles. The molecule has 15 heteroatoms. The van der Waals surface area contributed by atoms with Gasteiger partial charge in [0.25, 0.3) is 5.91 Å². The molecule has 1 aliphatic carbocycles. The first-order valence-electron chi connectivity index (χ1n) is 17.2. The van der Waals surface area contributed by atoms with Crippen molar-refractivity contribution in [3.63, 3.8) is 0 Å². The molecule has 5 N–H and O–H groups in total. The summed E-state index contributed by atoms with van der Waals surface area (Å²) in [5.41, 5.74) is 2.50. The third kappa shape index (κ3) is 7.37. The predicted octanol–water partition coefficient (Wildman–Crippen LogP) is 3.99. The molecular formula is C35H52FN6O6PS. The third-order valence-electron chi connectivity index (χ3n) is 10.8. The molecule has 3 amide bonds. The van der Waals surface area contributed by atoms with E-state index >= 15 is 0 Å². The van der Waals surface area contributed by atoms with Gasteiger partial charge in [-0.3, -0.25) is 19.4 Å². The Balaban J connectivity index is 0.00000189. The lowest BCUT2D eigenvalue weighted by Crippen LogP contribution is -2.60. The molecule has 7 rings (SSSR count). The molecular weight excluding hydrogens is 682 g/mol. The lowest BCUT2D eigenvalue weighted by atomic mass is 9.89. The maximum atomic E-state index is 14.3. The predicted molar refractivity (Wildman–Crippen MR) is 198 cm³/mol. The first-order chi connectivity index (χ1) is 23.6. The number of benzene rings is 1. The van der Waals surface area contributed by atoms with Crippen LogP contribution in [0.1, 0.15) is 69.5 Å². The number of alkyl halides is 1. The molecule has 3 aromatic rings. The zero-order valence-corrected chi connectivity index (χ0v) is 30.1. The molecule has 50 heavy (non-hydrogen) atoms. The SMILES string of the molecule is CC[C@@H](C(=O)N1CC(c2cnccc2N2CCN(C)CC2)C1)N1CCC2CC2C[C@H](NC(=O)c2cc3cc([C@@H](F)P(O)O)ccc3s2)C1=O.O.[HH].[HH].[HH]. The van der Waals surface area contributed by atoms with E-state index in [-0.39, 0.29) is 39.0 Å². The maximum Gasteiger partial charge on any atom is 0.262 e. The molecule has 1 saturated carbocycles. The molecule has 12 nitrogen and oxygen atoms in total. The van der Waals surface area contributed by atoms with Crippen LogP contribution < -0.4 is 10.2 Å². The normalized spacial score (nSPS) is 24.2. The van der Waals surface area contributed by atoms with E-state index in [1.807, 2.05) is 24.2 Å². The van der Waals surface area contributed by atoms with Crippen molar-refractivity contribution in [1.29, 1.82) is 0 Å². The van der Waals surface area contributed by atoms with E-state index in [1.54, 1.807) is 17.0 Å². The van der Waals surface area contributed by atoms with Crippen LogP contribution in [0.15, 0.2) is 42.7 Å². The zero-order chi connectivity index (χ0) is 34.4. The molecule has 3 aliphatic heterocycles. The number of hydrogen-bond donors (Lipinski definition) is 3. The van der Waals surface area contributed by atoms with Gasteiger partial charge in [-0.25, -0.2) is 4.39 Å². The molecule has 276 valence electrons. The van der Waals surface area contributed by atoms with Crippen LogP contribution in [0.3, 0.4) is 0 Å². The summed E-state index contributed by atoms with van der Waals surface area (Å²) in [6, 6.07) is 7.04. The standard InChI is InChI=1S/C35H44FN6O5PS.H2O.3H2/c1-3-28(35(45)41-19-25(20-41)26-18-37-8-6-29(26)40-12-10-39(2)11-13-40)42-9-7-21-14-23(21)16-27(34(42)44)38-33(43)31-17-24-15-22(32(36)48(46)47)4-5-30(24)49-31;;;;/h4-6,8,15,17-18,21,23,25,27-28,32,46-47H,3,7,9-14,16,19-20H2,1-2H3,(H,38,43);1H2;3*1H/t21?,23?,27-,28-,32-;;;;/m0..../s1. The fourth-order valence-corrected chi connectivity index (χ4v) is 9.10. The Morgan fingerprint density at radius 1 is 1.10 bits per heavy atom. The van der Waals surface area contributed by atoms with Crippen LogP contribution in [0.5, 0.6) is 0 Å². The van der Waals surface area contributed by atoms with Crippen LogP contribution in [0.2, 0.25) is 0 Å². The van der Waals surface area contributed by atoms with Gasteiger partial charge in [-0.05, 0) is 79.8 Å². The van der Waals surface area contributed by atoms with Crippen molar-refractivity contribution in [2.45, 2.75) is 56.5 Å². The van der Waals surface area contributed by atoms with Crippen molar-refractivity contribution in [2.75, 3.05) is 57.8 Å². The summed E-state index contributed by atoms with van der Waals surface area (Å²) in [5, 5.41) is 3.61. The molecule has 2 unspecified atom stereocenters. The number of nitrogens with zero attached hydrogens (tertiary/aromatic N) is 5. The summed E-state index contributed by atoms with van der Waals surface area (Å²) in [6.07, 6.45) is 6.66. The van der Waals surface area contributed by atoms with Crippen LogP contribution in [-0.4, -0.2) is 118 Å². The Morgan fingerprint density at radius 3 is 2.58 bits per heavy atom. The Kier molecular flexibility index (Phi) is 11.1. The van der Waals surface area contributed by atoms with Crippen LogP contribution in [0.25, 0.3) is 10.1 Å². The number of likely N-dealkylation sites (N-methyl/N-ethyl adjacent to an activating group) is 1. The molecule has 3 saturated heterocycles. The molecule has 0 radical (unpaired) electrons. The number of pyridine rings is 1. The number of halogens is 1. The van der Waals surface area contributed by atoms with Gasteiger partial charge in [0, 0.05) is 84.4 Å². The van der Waals surface area contributed by atoms with Crippen molar-refractivity contribution in [1.82, 2.24) is 25.0 Å². The van der Waals surface area contributed by atoms with Gasteiger partial charge in [0.15, 0.2) is 5.91 Å². The monoisotopic (exact) mass is 734 g/mol. The van der Waals surface area contributed by atoms with Crippen molar-refractivity contribution < 1.29 is 38.3 Å². The van der Waals surface area contributed by atoms with Crippen molar-refractivity contribution in [3.05, 3.63) is 58.7 Å².